The lowest BCUT2D eigenvalue weighted by atomic mass is 10.1. The number of pyridine rings is 1. The fourth-order valence-electron chi connectivity index (χ4n) is 3.00. The van der Waals surface area contributed by atoms with Crippen molar-refractivity contribution in [2.24, 2.45) is 5.73 Å². The molecule has 0 spiro atoms. The van der Waals surface area contributed by atoms with Crippen LogP contribution in [0.1, 0.15) is 21.6 Å². The summed E-state index contributed by atoms with van der Waals surface area (Å²) in [5, 5.41) is 4.06. The van der Waals surface area contributed by atoms with E-state index in [1.807, 2.05) is 26.0 Å². The van der Waals surface area contributed by atoms with Gasteiger partial charge in [-0.1, -0.05) is 23.2 Å². The average Bonchev–Trinajstić information content (AvgIpc) is 2.71. The molecule has 0 unspecified atom stereocenters. The third-order valence-corrected chi connectivity index (χ3v) is 4.93. The monoisotopic (exact) mass is 429 g/mol. The summed E-state index contributed by atoms with van der Waals surface area (Å²) in [6, 6.07) is 12.4. The minimum absolute atomic E-state index is 0.279. The Labute approximate surface area is 179 Å². The predicted octanol–water partition coefficient (Wildman–Crippen LogP) is 5.26. The molecule has 0 saturated heterocycles. The number of carbonyl (C=O) groups is 1. The van der Waals surface area contributed by atoms with E-state index in [1.54, 1.807) is 36.5 Å². The van der Waals surface area contributed by atoms with E-state index in [0.29, 0.717) is 23.2 Å². The van der Waals surface area contributed by atoms with Gasteiger partial charge >= 0.3 is 0 Å². The molecule has 1 aromatic heterocycles. The molecule has 0 aliphatic carbocycles. The highest BCUT2D eigenvalue weighted by Crippen LogP contribution is 2.31. The number of hydrogen-bond donors (Lipinski definition) is 2. The molecule has 0 saturated carbocycles. The summed E-state index contributed by atoms with van der Waals surface area (Å²) in [5.41, 5.74) is 9.76. The quantitative estimate of drug-likeness (QED) is 0.559. The molecule has 7 heteroatoms. The molecule has 5 nitrogen and oxygen atoms in total. The van der Waals surface area contributed by atoms with Crippen molar-refractivity contribution < 1.29 is 9.53 Å². The topological polar surface area (TPSA) is 77.2 Å². The molecule has 1 heterocycles. The third-order valence-electron chi connectivity index (χ3n) is 4.36. The zero-order valence-corrected chi connectivity index (χ0v) is 17.6. The number of aryl methyl sites for hydroxylation is 2. The molecule has 3 rings (SSSR count). The smallest absolute Gasteiger partial charge is 0.274 e. The molecule has 3 N–H and O–H groups in total. The van der Waals surface area contributed by atoms with E-state index < -0.39 is 0 Å². The average molecular weight is 430 g/mol. The van der Waals surface area contributed by atoms with Gasteiger partial charge in [0.25, 0.3) is 5.91 Å². The molecule has 0 radical (unpaired) electrons. The maximum absolute atomic E-state index is 12.8. The summed E-state index contributed by atoms with van der Waals surface area (Å²) in [6.45, 7) is 4.70. The van der Waals surface area contributed by atoms with Crippen molar-refractivity contribution in [3.05, 3.63) is 75.5 Å². The summed E-state index contributed by atoms with van der Waals surface area (Å²) in [6.07, 6.45) is 1.57. The number of nitrogens with zero attached hydrogens (tertiary/aromatic N) is 1. The van der Waals surface area contributed by atoms with E-state index >= 15 is 0 Å². The van der Waals surface area contributed by atoms with E-state index in [2.05, 4.69) is 10.3 Å². The number of benzene rings is 2. The minimum Gasteiger partial charge on any atom is -0.492 e. The molecular formula is C22H21Cl2N3O2. The van der Waals surface area contributed by atoms with Crippen LogP contribution >= 0.6 is 23.2 Å². The molecular weight excluding hydrogens is 409 g/mol. The molecule has 150 valence electrons. The van der Waals surface area contributed by atoms with Crippen LogP contribution in [0.25, 0.3) is 11.1 Å². The summed E-state index contributed by atoms with van der Waals surface area (Å²) in [4.78, 5) is 17.0. The first-order valence-electron chi connectivity index (χ1n) is 9.06. The highest BCUT2D eigenvalue weighted by atomic mass is 35.5. The van der Waals surface area contributed by atoms with Crippen molar-refractivity contribution in [2.75, 3.05) is 18.5 Å². The van der Waals surface area contributed by atoms with Gasteiger partial charge in [0, 0.05) is 34.0 Å². The van der Waals surface area contributed by atoms with Gasteiger partial charge in [-0.05, 0) is 73.0 Å². The fourth-order valence-corrected chi connectivity index (χ4v) is 3.40. The van der Waals surface area contributed by atoms with Crippen LogP contribution in [0.2, 0.25) is 10.0 Å². The van der Waals surface area contributed by atoms with Gasteiger partial charge in [-0.25, -0.2) is 0 Å². The number of carbonyl (C=O) groups excluding carboxylic acids is 1. The SMILES string of the molecule is Cc1cc(OCCN)cc(C)c1NC(=O)c1cc(-c2cc(Cl)ccc2Cl)ccn1. The van der Waals surface area contributed by atoms with Crippen molar-refractivity contribution in [3.8, 4) is 16.9 Å². The molecule has 0 aliphatic heterocycles. The van der Waals surface area contributed by atoms with Crippen molar-refractivity contribution in [1.29, 1.82) is 0 Å². The standard InChI is InChI=1S/C22H21Cl2N3O2/c1-13-9-17(29-8-6-25)10-14(2)21(13)27-22(28)20-11-15(5-7-26-20)18-12-16(23)3-4-19(18)24/h3-5,7,9-12H,6,8,25H2,1-2H3,(H,27,28). The first-order valence-corrected chi connectivity index (χ1v) is 9.81. The van der Waals surface area contributed by atoms with Gasteiger partial charge in [-0.15, -0.1) is 0 Å². The Morgan fingerprint density at radius 2 is 1.83 bits per heavy atom. The Morgan fingerprint density at radius 3 is 2.52 bits per heavy atom. The van der Waals surface area contributed by atoms with Gasteiger partial charge < -0.3 is 15.8 Å². The van der Waals surface area contributed by atoms with E-state index in [0.717, 1.165) is 33.7 Å². The van der Waals surface area contributed by atoms with Crippen LogP contribution in [0.3, 0.4) is 0 Å². The fraction of sp³-hybridized carbons (Fsp3) is 0.182. The van der Waals surface area contributed by atoms with E-state index in [-0.39, 0.29) is 11.6 Å². The second-order valence-electron chi connectivity index (χ2n) is 6.58. The lowest BCUT2D eigenvalue weighted by Gasteiger charge is -2.14. The van der Waals surface area contributed by atoms with Crippen LogP contribution < -0.4 is 15.8 Å². The number of amides is 1. The number of hydrogen-bond acceptors (Lipinski definition) is 4. The lowest BCUT2D eigenvalue weighted by Crippen LogP contribution is -2.16. The van der Waals surface area contributed by atoms with Gasteiger partial charge in [-0.2, -0.15) is 0 Å². The van der Waals surface area contributed by atoms with Crippen LogP contribution in [0.15, 0.2) is 48.7 Å². The van der Waals surface area contributed by atoms with Crippen molar-refractivity contribution in [3.63, 3.8) is 0 Å². The van der Waals surface area contributed by atoms with Crippen LogP contribution in [0.5, 0.6) is 5.75 Å². The zero-order chi connectivity index (χ0) is 21.0. The van der Waals surface area contributed by atoms with Gasteiger partial charge in [0.05, 0.1) is 0 Å². The van der Waals surface area contributed by atoms with Gasteiger partial charge in [0.2, 0.25) is 0 Å². The zero-order valence-electron chi connectivity index (χ0n) is 16.1. The van der Waals surface area contributed by atoms with Crippen molar-refractivity contribution >= 4 is 34.8 Å². The second-order valence-corrected chi connectivity index (χ2v) is 7.42. The van der Waals surface area contributed by atoms with Crippen molar-refractivity contribution in [1.82, 2.24) is 4.98 Å². The maximum atomic E-state index is 12.8. The Hall–Kier alpha value is -2.60. The lowest BCUT2D eigenvalue weighted by molar-refractivity contribution is 0.102. The first-order chi connectivity index (χ1) is 13.9. The number of halogens is 2. The Morgan fingerprint density at radius 1 is 1.10 bits per heavy atom. The molecule has 0 fully saturated rings. The Bertz CT molecular complexity index is 1030. The van der Waals surface area contributed by atoms with Crippen LogP contribution in [0.4, 0.5) is 5.69 Å². The summed E-state index contributed by atoms with van der Waals surface area (Å²) >= 11 is 12.4. The normalized spacial score (nSPS) is 10.7. The largest absolute Gasteiger partial charge is 0.492 e. The van der Waals surface area contributed by atoms with E-state index in [1.165, 1.54) is 0 Å². The molecule has 0 atom stereocenters. The van der Waals surface area contributed by atoms with Crippen LogP contribution in [-0.2, 0) is 0 Å². The van der Waals surface area contributed by atoms with Crippen LogP contribution in [-0.4, -0.2) is 24.0 Å². The van der Waals surface area contributed by atoms with Gasteiger partial charge in [0.15, 0.2) is 0 Å². The first kappa shape index (κ1) is 21.1. The molecule has 0 aliphatic rings. The highest BCUT2D eigenvalue weighted by Gasteiger charge is 2.14. The number of anilines is 1. The third kappa shape index (κ3) is 5.07. The van der Waals surface area contributed by atoms with Crippen LogP contribution in [0, 0.1) is 13.8 Å². The number of nitrogens with two attached hydrogens (primary N) is 1. The predicted molar refractivity (Wildman–Crippen MR) is 118 cm³/mol. The molecule has 3 aromatic rings. The summed E-state index contributed by atoms with van der Waals surface area (Å²) in [7, 11) is 0. The van der Waals surface area contributed by atoms with Gasteiger partial charge in [0.1, 0.15) is 18.1 Å². The maximum Gasteiger partial charge on any atom is 0.274 e. The highest BCUT2D eigenvalue weighted by molar-refractivity contribution is 6.35. The van der Waals surface area contributed by atoms with Crippen molar-refractivity contribution in [2.45, 2.75) is 13.8 Å². The number of aromatic nitrogens is 1. The number of ether oxygens (including phenoxy) is 1. The minimum atomic E-state index is -0.313. The summed E-state index contributed by atoms with van der Waals surface area (Å²) < 4.78 is 5.57. The Balaban J connectivity index is 1.86. The molecule has 2 aromatic carbocycles. The number of rotatable bonds is 6. The molecule has 1 amide bonds. The molecule has 0 bridgehead atoms. The van der Waals surface area contributed by atoms with E-state index in [9.17, 15) is 4.79 Å². The second kappa shape index (κ2) is 9.27. The van der Waals surface area contributed by atoms with Gasteiger partial charge in [-0.3, -0.25) is 9.78 Å². The molecule has 29 heavy (non-hydrogen) atoms. The Kier molecular flexibility index (Phi) is 6.75. The van der Waals surface area contributed by atoms with E-state index in [4.69, 9.17) is 33.7 Å². The number of nitrogens with one attached hydrogen (secondary N) is 1. The summed E-state index contributed by atoms with van der Waals surface area (Å²) in [5.74, 6) is 0.408.